The van der Waals surface area contributed by atoms with E-state index in [9.17, 15) is 4.79 Å². The third-order valence-corrected chi connectivity index (χ3v) is 3.14. The number of carbonyl (C=O) groups excluding carboxylic acids is 1. The number of furan rings is 1. The quantitative estimate of drug-likeness (QED) is 0.772. The van der Waals surface area contributed by atoms with Crippen LogP contribution in [0.4, 0.5) is 5.69 Å². The fourth-order valence-corrected chi connectivity index (χ4v) is 2.23. The third kappa shape index (κ3) is 2.07. The van der Waals surface area contributed by atoms with E-state index in [2.05, 4.69) is 10.3 Å². The molecule has 0 aliphatic rings. The van der Waals surface area contributed by atoms with Crippen molar-refractivity contribution in [1.82, 2.24) is 4.98 Å². The van der Waals surface area contributed by atoms with Crippen molar-refractivity contribution in [3.63, 3.8) is 0 Å². The van der Waals surface area contributed by atoms with Crippen LogP contribution in [0.1, 0.15) is 27.6 Å². The second-order valence-electron chi connectivity index (χ2n) is 4.72. The lowest BCUT2D eigenvalue weighted by Gasteiger charge is -2.04. The number of aryl methyl sites for hydroxylation is 3. The summed E-state index contributed by atoms with van der Waals surface area (Å²) in [5.41, 5.74) is 3.49. The largest absolute Gasteiger partial charge is 0.469 e. The maximum absolute atomic E-state index is 12.2. The lowest BCUT2D eigenvalue weighted by Crippen LogP contribution is -2.13. The van der Waals surface area contributed by atoms with Gasteiger partial charge < -0.3 is 14.2 Å². The van der Waals surface area contributed by atoms with Crippen LogP contribution in [0.3, 0.4) is 0 Å². The number of nitrogens with zero attached hydrogens (tertiary/aromatic N) is 1. The maximum Gasteiger partial charge on any atom is 0.259 e. The number of nitrogens with one attached hydrogen (secondary N) is 1. The number of rotatable bonds is 2. The van der Waals surface area contributed by atoms with Crippen LogP contribution in [0.25, 0.3) is 11.1 Å². The topological polar surface area (TPSA) is 68.3 Å². The molecule has 2 heterocycles. The van der Waals surface area contributed by atoms with Crippen LogP contribution in [0.15, 0.2) is 33.3 Å². The molecule has 0 spiro atoms. The van der Waals surface area contributed by atoms with Gasteiger partial charge in [0.1, 0.15) is 11.3 Å². The molecule has 1 amide bonds. The second-order valence-corrected chi connectivity index (χ2v) is 4.72. The molecule has 2 aromatic heterocycles. The van der Waals surface area contributed by atoms with Gasteiger partial charge in [-0.1, -0.05) is 0 Å². The van der Waals surface area contributed by atoms with Crippen LogP contribution >= 0.6 is 0 Å². The highest BCUT2D eigenvalue weighted by atomic mass is 16.3. The van der Waals surface area contributed by atoms with Gasteiger partial charge in [-0.05, 0) is 32.0 Å². The third-order valence-electron chi connectivity index (χ3n) is 3.14. The Labute approximate surface area is 115 Å². The van der Waals surface area contributed by atoms with Crippen LogP contribution in [0.5, 0.6) is 0 Å². The van der Waals surface area contributed by atoms with Crippen LogP contribution < -0.4 is 5.32 Å². The molecule has 0 saturated heterocycles. The first-order valence-electron chi connectivity index (χ1n) is 6.28. The molecule has 3 aromatic rings. The van der Waals surface area contributed by atoms with Gasteiger partial charge in [-0.15, -0.1) is 0 Å². The second kappa shape index (κ2) is 4.52. The average Bonchev–Trinajstić information content (AvgIpc) is 2.91. The van der Waals surface area contributed by atoms with Gasteiger partial charge in [0.05, 0.1) is 11.8 Å². The van der Waals surface area contributed by atoms with Crippen molar-refractivity contribution in [2.45, 2.75) is 20.8 Å². The highest BCUT2D eigenvalue weighted by Crippen LogP contribution is 2.22. The highest BCUT2D eigenvalue weighted by molar-refractivity contribution is 6.06. The number of aromatic nitrogens is 1. The summed E-state index contributed by atoms with van der Waals surface area (Å²) in [6, 6.07) is 5.37. The van der Waals surface area contributed by atoms with E-state index < -0.39 is 0 Å². The van der Waals surface area contributed by atoms with Crippen molar-refractivity contribution in [1.29, 1.82) is 0 Å². The average molecular weight is 270 g/mol. The zero-order valence-electron chi connectivity index (χ0n) is 11.5. The molecule has 0 fully saturated rings. The van der Waals surface area contributed by atoms with E-state index in [-0.39, 0.29) is 5.91 Å². The molecular formula is C15H14N2O3. The number of oxazole rings is 1. The van der Waals surface area contributed by atoms with E-state index >= 15 is 0 Å². The van der Waals surface area contributed by atoms with Crippen molar-refractivity contribution in [2.24, 2.45) is 0 Å². The maximum atomic E-state index is 12.2. The van der Waals surface area contributed by atoms with Crippen molar-refractivity contribution in [3.05, 3.63) is 47.2 Å². The van der Waals surface area contributed by atoms with Gasteiger partial charge in [0, 0.05) is 18.2 Å². The summed E-state index contributed by atoms with van der Waals surface area (Å²) in [5.74, 6) is 1.02. The summed E-state index contributed by atoms with van der Waals surface area (Å²) in [4.78, 5) is 16.5. The Morgan fingerprint density at radius 2 is 2.05 bits per heavy atom. The minimum absolute atomic E-state index is 0.187. The van der Waals surface area contributed by atoms with E-state index in [0.717, 1.165) is 11.1 Å². The standard InChI is InChI=1S/C15H14N2O3/c1-8-7-19-9(2)14(8)15(18)17-11-4-5-13-12(6-11)16-10(3)20-13/h4-7H,1-3H3,(H,17,18). The minimum atomic E-state index is -0.187. The van der Waals surface area contributed by atoms with E-state index in [4.69, 9.17) is 8.83 Å². The molecule has 1 aromatic carbocycles. The molecule has 3 rings (SSSR count). The Kier molecular flexibility index (Phi) is 2.82. The van der Waals surface area contributed by atoms with Gasteiger partial charge in [0.25, 0.3) is 5.91 Å². The summed E-state index contributed by atoms with van der Waals surface area (Å²) < 4.78 is 10.6. The van der Waals surface area contributed by atoms with Crippen LogP contribution in [-0.2, 0) is 0 Å². The molecular weight excluding hydrogens is 256 g/mol. The molecule has 102 valence electrons. The van der Waals surface area contributed by atoms with Crippen molar-refractivity contribution in [2.75, 3.05) is 5.32 Å². The Bertz CT molecular complexity index is 779. The fraction of sp³-hybridized carbons (Fsp3) is 0.200. The Morgan fingerprint density at radius 3 is 2.75 bits per heavy atom. The lowest BCUT2D eigenvalue weighted by molar-refractivity contribution is 0.102. The molecule has 0 aliphatic heterocycles. The summed E-state index contributed by atoms with van der Waals surface area (Å²) in [5, 5.41) is 2.85. The molecule has 20 heavy (non-hydrogen) atoms. The Morgan fingerprint density at radius 1 is 1.25 bits per heavy atom. The number of amides is 1. The molecule has 5 nitrogen and oxygen atoms in total. The summed E-state index contributed by atoms with van der Waals surface area (Å²) in [7, 11) is 0. The van der Waals surface area contributed by atoms with Gasteiger partial charge >= 0.3 is 0 Å². The van der Waals surface area contributed by atoms with Crippen molar-refractivity contribution < 1.29 is 13.6 Å². The summed E-state index contributed by atoms with van der Waals surface area (Å²) in [6.07, 6.45) is 1.58. The highest BCUT2D eigenvalue weighted by Gasteiger charge is 2.16. The Hall–Kier alpha value is -2.56. The molecule has 0 radical (unpaired) electrons. The molecule has 0 atom stereocenters. The van der Waals surface area contributed by atoms with E-state index in [1.165, 1.54) is 0 Å². The zero-order valence-corrected chi connectivity index (χ0v) is 11.5. The SMILES string of the molecule is Cc1nc2cc(NC(=O)c3c(C)coc3C)ccc2o1. The van der Waals surface area contributed by atoms with Gasteiger partial charge in [-0.25, -0.2) is 4.98 Å². The van der Waals surface area contributed by atoms with E-state index in [1.807, 2.05) is 6.92 Å². The molecule has 0 aliphatic carbocycles. The molecule has 0 unspecified atom stereocenters. The van der Waals surface area contributed by atoms with Crippen LogP contribution in [0, 0.1) is 20.8 Å². The number of anilines is 1. The normalized spacial score (nSPS) is 10.9. The number of benzene rings is 1. The number of hydrogen-bond acceptors (Lipinski definition) is 4. The summed E-state index contributed by atoms with van der Waals surface area (Å²) >= 11 is 0. The van der Waals surface area contributed by atoms with Crippen LogP contribution in [-0.4, -0.2) is 10.9 Å². The van der Waals surface area contributed by atoms with Crippen molar-refractivity contribution >= 4 is 22.7 Å². The molecule has 5 heteroatoms. The van der Waals surface area contributed by atoms with Gasteiger partial charge in [-0.3, -0.25) is 4.79 Å². The number of hydrogen-bond donors (Lipinski definition) is 1. The van der Waals surface area contributed by atoms with Crippen LogP contribution in [0.2, 0.25) is 0 Å². The van der Waals surface area contributed by atoms with E-state index in [0.29, 0.717) is 28.5 Å². The fourth-order valence-electron chi connectivity index (χ4n) is 2.23. The van der Waals surface area contributed by atoms with E-state index in [1.54, 1.807) is 38.3 Å². The molecule has 0 bridgehead atoms. The first-order valence-corrected chi connectivity index (χ1v) is 6.28. The van der Waals surface area contributed by atoms with Gasteiger partial charge in [0.2, 0.25) is 0 Å². The monoisotopic (exact) mass is 270 g/mol. The van der Waals surface area contributed by atoms with Gasteiger partial charge in [-0.2, -0.15) is 0 Å². The number of fused-ring (bicyclic) bond motifs is 1. The predicted molar refractivity (Wildman–Crippen MR) is 74.9 cm³/mol. The van der Waals surface area contributed by atoms with Crippen molar-refractivity contribution in [3.8, 4) is 0 Å². The number of carbonyl (C=O) groups is 1. The Balaban J connectivity index is 1.91. The lowest BCUT2D eigenvalue weighted by atomic mass is 10.1. The smallest absolute Gasteiger partial charge is 0.259 e. The zero-order chi connectivity index (χ0) is 14.3. The minimum Gasteiger partial charge on any atom is -0.469 e. The predicted octanol–water partition coefficient (Wildman–Crippen LogP) is 3.60. The molecule has 0 saturated carbocycles. The van der Waals surface area contributed by atoms with Gasteiger partial charge in [0.15, 0.2) is 11.5 Å². The summed E-state index contributed by atoms with van der Waals surface area (Å²) in [6.45, 7) is 5.40. The first kappa shape index (κ1) is 12.5. The first-order chi connectivity index (χ1) is 9.54. The molecule has 1 N–H and O–H groups in total.